The molecular formula is C16H19N3O4S. The molecule has 0 radical (unpaired) electrons. The second kappa shape index (κ2) is 6.35. The molecule has 8 heteroatoms. The molecule has 0 aliphatic carbocycles. The molecule has 0 spiro atoms. The van der Waals surface area contributed by atoms with Gasteiger partial charge in [-0.1, -0.05) is 12.1 Å². The van der Waals surface area contributed by atoms with Crippen LogP contribution in [0.5, 0.6) is 0 Å². The average Bonchev–Trinajstić information content (AvgIpc) is 2.93. The minimum absolute atomic E-state index is 0.0206. The lowest BCUT2D eigenvalue weighted by molar-refractivity contribution is -0.131. The number of sulfone groups is 1. The molecule has 1 aromatic heterocycles. The number of fused-ring (bicyclic) bond motifs is 1. The summed E-state index contributed by atoms with van der Waals surface area (Å²) in [7, 11) is -1.41. The highest BCUT2D eigenvalue weighted by Gasteiger charge is 2.32. The molecule has 0 N–H and O–H groups in total. The zero-order valence-electron chi connectivity index (χ0n) is 13.4. The molecule has 0 bridgehead atoms. The molecular weight excluding hydrogens is 330 g/mol. The Bertz CT molecular complexity index is 936. The Labute approximate surface area is 139 Å². The number of carbonyl (C=O) groups excluding carboxylic acids is 1. The van der Waals surface area contributed by atoms with Crippen LogP contribution in [0, 0.1) is 0 Å². The van der Waals surface area contributed by atoms with E-state index in [0.29, 0.717) is 17.3 Å². The third-order valence-electron chi connectivity index (χ3n) is 4.45. The van der Waals surface area contributed by atoms with E-state index in [1.165, 1.54) is 15.8 Å². The van der Waals surface area contributed by atoms with E-state index in [1.54, 1.807) is 25.2 Å². The summed E-state index contributed by atoms with van der Waals surface area (Å²) in [5, 5.41) is 0.516. The molecule has 24 heavy (non-hydrogen) atoms. The number of nitrogens with zero attached hydrogens (tertiary/aromatic N) is 3. The molecule has 2 aromatic rings. The molecule has 1 saturated heterocycles. The van der Waals surface area contributed by atoms with Crippen LogP contribution >= 0.6 is 0 Å². The van der Waals surface area contributed by atoms with E-state index in [4.69, 9.17) is 0 Å². The van der Waals surface area contributed by atoms with Crippen LogP contribution in [0.1, 0.15) is 12.8 Å². The number of benzene rings is 1. The summed E-state index contributed by atoms with van der Waals surface area (Å²) >= 11 is 0. The standard InChI is InChI=1S/C16H19N3O4S/c1-18(12-7-9-24(22,23)10-12)15(20)6-8-19-11-17-14-5-3-2-4-13(14)16(19)21/h2-5,11-12H,6-10H2,1H3/t12-/m1/s1. The lowest BCUT2D eigenvalue weighted by Gasteiger charge is -2.23. The summed E-state index contributed by atoms with van der Waals surface area (Å²) in [6.07, 6.45) is 2.05. The van der Waals surface area contributed by atoms with Crippen molar-refractivity contribution in [3.63, 3.8) is 0 Å². The fourth-order valence-electron chi connectivity index (χ4n) is 2.94. The third-order valence-corrected chi connectivity index (χ3v) is 6.20. The minimum atomic E-state index is -3.03. The lowest BCUT2D eigenvalue weighted by atomic mass is 10.2. The first-order valence-electron chi connectivity index (χ1n) is 7.78. The van der Waals surface area contributed by atoms with E-state index in [0.717, 1.165) is 0 Å². The topological polar surface area (TPSA) is 89.3 Å². The summed E-state index contributed by atoms with van der Waals surface area (Å²) in [6.45, 7) is 0.222. The van der Waals surface area contributed by atoms with Crippen LogP contribution in [0.2, 0.25) is 0 Å². The van der Waals surface area contributed by atoms with Crippen molar-refractivity contribution in [3.05, 3.63) is 40.9 Å². The maximum Gasteiger partial charge on any atom is 0.261 e. The molecule has 0 unspecified atom stereocenters. The molecule has 1 atom stereocenters. The van der Waals surface area contributed by atoms with Crippen molar-refractivity contribution in [1.82, 2.24) is 14.5 Å². The fourth-order valence-corrected chi connectivity index (χ4v) is 4.72. The average molecular weight is 349 g/mol. The van der Waals surface area contributed by atoms with E-state index < -0.39 is 9.84 Å². The van der Waals surface area contributed by atoms with Crippen LogP contribution in [0.4, 0.5) is 0 Å². The highest BCUT2D eigenvalue weighted by molar-refractivity contribution is 7.91. The predicted molar refractivity (Wildman–Crippen MR) is 90.4 cm³/mol. The third kappa shape index (κ3) is 3.33. The molecule has 0 saturated carbocycles. The van der Waals surface area contributed by atoms with Gasteiger partial charge in [0.1, 0.15) is 0 Å². The number of hydrogen-bond acceptors (Lipinski definition) is 5. The number of aryl methyl sites for hydroxylation is 1. The van der Waals surface area contributed by atoms with Gasteiger partial charge in [-0.2, -0.15) is 0 Å². The van der Waals surface area contributed by atoms with Gasteiger partial charge in [0, 0.05) is 26.1 Å². The lowest BCUT2D eigenvalue weighted by Crippen LogP contribution is -2.38. The van der Waals surface area contributed by atoms with Crippen LogP contribution in [-0.4, -0.2) is 53.4 Å². The van der Waals surface area contributed by atoms with E-state index in [1.807, 2.05) is 6.07 Å². The molecule has 1 amide bonds. The van der Waals surface area contributed by atoms with Gasteiger partial charge in [0.15, 0.2) is 9.84 Å². The number of para-hydroxylation sites is 1. The Hall–Kier alpha value is -2.22. The van der Waals surface area contributed by atoms with Crippen molar-refractivity contribution in [1.29, 1.82) is 0 Å². The Morgan fingerprint density at radius 2 is 2.12 bits per heavy atom. The molecule has 128 valence electrons. The normalized spacial score (nSPS) is 19.5. The summed E-state index contributed by atoms with van der Waals surface area (Å²) < 4.78 is 24.5. The quantitative estimate of drug-likeness (QED) is 0.799. The largest absolute Gasteiger partial charge is 0.342 e. The number of rotatable bonds is 4. The molecule has 1 fully saturated rings. The van der Waals surface area contributed by atoms with Crippen molar-refractivity contribution in [2.24, 2.45) is 0 Å². The molecule has 2 heterocycles. The van der Waals surface area contributed by atoms with Gasteiger partial charge in [0.2, 0.25) is 5.91 Å². The monoisotopic (exact) mass is 349 g/mol. The second-order valence-corrected chi connectivity index (χ2v) is 8.30. The summed E-state index contributed by atoms with van der Waals surface area (Å²) in [5.41, 5.74) is 0.442. The van der Waals surface area contributed by atoms with Gasteiger partial charge in [0.25, 0.3) is 5.56 Å². The number of aromatic nitrogens is 2. The van der Waals surface area contributed by atoms with Crippen LogP contribution in [-0.2, 0) is 21.2 Å². The highest BCUT2D eigenvalue weighted by atomic mass is 32.2. The zero-order chi connectivity index (χ0) is 17.3. The second-order valence-electron chi connectivity index (χ2n) is 6.07. The Balaban J connectivity index is 1.68. The molecule has 1 aromatic carbocycles. The predicted octanol–water partition coefficient (Wildman–Crippen LogP) is 0.432. The summed E-state index contributed by atoms with van der Waals surface area (Å²) in [6, 6.07) is 6.79. The Morgan fingerprint density at radius 3 is 2.83 bits per heavy atom. The smallest absolute Gasteiger partial charge is 0.261 e. The zero-order valence-corrected chi connectivity index (χ0v) is 14.2. The minimum Gasteiger partial charge on any atom is -0.342 e. The van der Waals surface area contributed by atoms with Crippen molar-refractivity contribution >= 4 is 26.6 Å². The van der Waals surface area contributed by atoms with Gasteiger partial charge >= 0.3 is 0 Å². The van der Waals surface area contributed by atoms with E-state index in [2.05, 4.69) is 4.98 Å². The van der Waals surface area contributed by atoms with Gasteiger partial charge < -0.3 is 4.90 Å². The molecule has 3 rings (SSSR count). The number of amides is 1. The van der Waals surface area contributed by atoms with E-state index >= 15 is 0 Å². The van der Waals surface area contributed by atoms with E-state index in [9.17, 15) is 18.0 Å². The maximum atomic E-state index is 12.4. The van der Waals surface area contributed by atoms with Crippen LogP contribution in [0.15, 0.2) is 35.4 Å². The van der Waals surface area contributed by atoms with Crippen molar-refractivity contribution in [2.45, 2.75) is 25.4 Å². The van der Waals surface area contributed by atoms with Gasteiger partial charge in [-0.3, -0.25) is 14.2 Å². The van der Waals surface area contributed by atoms with Crippen molar-refractivity contribution in [3.8, 4) is 0 Å². The Morgan fingerprint density at radius 1 is 1.38 bits per heavy atom. The molecule has 1 aliphatic rings. The molecule has 1 aliphatic heterocycles. The first-order chi connectivity index (χ1) is 11.4. The first kappa shape index (κ1) is 16.6. The van der Waals surface area contributed by atoms with E-state index in [-0.39, 0.29) is 42.0 Å². The van der Waals surface area contributed by atoms with Crippen LogP contribution in [0.25, 0.3) is 10.9 Å². The van der Waals surface area contributed by atoms with Crippen LogP contribution in [0.3, 0.4) is 0 Å². The van der Waals surface area contributed by atoms with Crippen LogP contribution < -0.4 is 5.56 Å². The first-order valence-corrected chi connectivity index (χ1v) is 9.60. The summed E-state index contributed by atoms with van der Waals surface area (Å²) in [5.74, 6) is -0.0204. The van der Waals surface area contributed by atoms with Gasteiger partial charge in [-0.05, 0) is 18.6 Å². The highest BCUT2D eigenvalue weighted by Crippen LogP contribution is 2.17. The Kier molecular flexibility index (Phi) is 4.40. The van der Waals surface area contributed by atoms with Gasteiger partial charge in [0.05, 0.1) is 28.7 Å². The summed E-state index contributed by atoms with van der Waals surface area (Å²) in [4.78, 5) is 30.4. The van der Waals surface area contributed by atoms with Gasteiger partial charge in [-0.25, -0.2) is 13.4 Å². The van der Waals surface area contributed by atoms with Gasteiger partial charge in [-0.15, -0.1) is 0 Å². The maximum absolute atomic E-state index is 12.4. The van der Waals surface area contributed by atoms with Crippen molar-refractivity contribution < 1.29 is 13.2 Å². The van der Waals surface area contributed by atoms with Crippen molar-refractivity contribution in [2.75, 3.05) is 18.6 Å². The SMILES string of the molecule is CN(C(=O)CCn1cnc2ccccc2c1=O)[C@@H]1CCS(=O)(=O)C1. The molecule has 7 nitrogen and oxygen atoms in total. The number of hydrogen-bond donors (Lipinski definition) is 0. The number of carbonyl (C=O) groups is 1. The fraction of sp³-hybridized carbons (Fsp3) is 0.438.